The van der Waals surface area contributed by atoms with Crippen LogP contribution in [0, 0.1) is 0 Å². The molecule has 4 heteroatoms. The van der Waals surface area contributed by atoms with Gasteiger partial charge in [0.2, 0.25) is 0 Å². The van der Waals surface area contributed by atoms with Crippen LogP contribution in [-0.2, 0) is 11.1 Å². The first-order valence-corrected chi connectivity index (χ1v) is 4.48. The Morgan fingerprint density at radius 2 is 1.83 bits per heavy atom. The Morgan fingerprint density at radius 1 is 1.33 bits per heavy atom. The smallest absolute Gasteiger partial charge is 0.772 e. The first-order valence-electron chi connectivity index (χ1n) is 3.35. The summed E-state index contributed by atoms with van der Waals surface area (Å²) in [5.74, 6) is 0. The number of hydrogen-bond acceptors (Lipinski definition) is 2. The Morgan fingerprint density at radius 3 is 2.25 bits per heavy atom. The molecule has 0 aliphatic rings. The Labute approximate surface area is 97.0 Å². The van der Waals surface area contributed by atoms with Gasteiger partial charge in [0, 0.05) is 5.25 Å². The number of benzene rings is 1. The zero-order chi connectivity index (χ0) is 8.27. The molecule has 0 fully saturated rings. The van der Waals surface area contributed by atoms with Crippen LogP contribution in [0.5, 0.6) is 0 Å². The van der Waals surface area contributed by atoms with Gasteiger partial charge in [-0.25, -0.2) is 0 Å². The summed E-state index contributed by atoms with van der Waals surface area (Å²) in [7, 11) is 0. The van der Waals surface area contributed by atoms with E-state index in [-0.39, 0.29) is 29.6 Å². The Bertz CT molecular complexity index is 250. The maximum Gasteiger partial charge on any atom is 1.00 e. The molecule has 0 heterocycles. The predicted octanol–water partition coefficient (Wildman–Crippen LogP) is -1.37. The van der Waals surface area contributed by atoms with E-state index in [9.17, 15) is 8.76 Å². The summed E-state index contributed by atoms with van der Waals surface area (Å²) in [4.78, 5) is 0. The van der Waals surface area contributed by atoms with Crippen LogP contribution in [0.25, 0.3) is 0 Å². The van der Waals surface area contributed by atoms with E-state index >= 15 is 0 Å². The Kier molecular flexibility index (Phi) is 6.05. The van der Waals surface area contributed by atoms with Gasteiger partial charge in [0.15, 0.2) is 0 Å². The molecular formula is C8H9NaO2S. The fraction of sp³-hybridized carbons (Fsp3) is 0.250. The van der Waals surface area contributed by atoms with Crippen molar-refractivity contribution in [3.8, 4) is 0 Å². The molecule has 0 saturated heterocycles. The van der Waals surface area contributed by atoms with E-state index in [0.29, 0.717) is 0 Å². The van der Waals surface area contributed by atoms with E-state index < -0.39 is 16.3 Å². The number of hydrogen-bond donors (Lipinski definition) is 0. The average molecular weight is 192 g/mol. The van der Waals surface area contributed by atoms with Gasteiger partial charge in [0.05, 0.1) is 0 Å². The monoisotopic (exact) mass is 192 g/mol. The van der Waals surface area contributed by atoms with Crippen molar-refractivity contribution in [3.63, 3.8) is 0 Å². The molecule has 60 valence electrons. The Balaban J connectivity index is 0.00000121. The summed E-state index contributed by atoms with van der Waals surface area (Å²) < 4.78 is 21.0. The fourth-order valence-electron chi connectivity index (χ4n) is 0.835. The zero-order valence-electron chi connectivity index (χ0n) is 7.19. The van der Waals surface area contributed by atoms with Crippen molar-refractivity contribution >= 4 is 11.1 Å². The van der Waals surface area contributed by atoms with Gasteiger partial charge in [0.1, 0.15) is 0 Å². The molecule has 1 rings (SSSR count). The van der Waals surface area contributed by atoms with E-state index in [1.165, 1.54) is 0 Å². The second kappa shape index (κ2) is 5.89. The van der Waals surface area contributed by atoms with Gasteiger partial charge in [0.25, 0.3) is 0 Å². The van der Waals surface area contributed by atoms with Crippen LogP contribution < -0.4 is 29.6 Å². The van der Waals surface area contributed by atoms with Crippen molar-refractivity contribution in [1.29, 1.82) is 0 Å². The van der Waals surface area contributed by atoms with Crippen molar-refractivity contribution in [2.45, 2.75) is 12.2 Å². The molecule has 0 radical (unpaired) electrons. The molecule has 0 saturated carbocycles. The molecule has 1 aromatic rings. The van der Waals surface area contributed by atoms with Crippen LogP contribution in [0.15, 0.2) is 30.3 Å². The SMILES string of the molecule is C[C@H](c1ccccc1)S(=O)[O-].[Na+]. The second-order valence-corrected chi connectivity index (χ2v) is 3.54. The summed E-state index contributed by atoms with van der Waals surface area (Å²) in [6.45, 7) is 1.67. The molecule has 1 aromatic carbocycles. The maximum atomic E-state index is 10.5. The minimum atomic E-state index is -2.01. The standard InChI is InChI=1S/C8H10O2S.Na/c1-7(11(9)10)8-5-3-2-4-6-8;/h2-7H,1H3,(H,9,10);/q;+1/p-1/t7-;/m1./s1. The van der Waals surface area contributed by atoms with Crippen molar-refractivity contribution in [2.75, 3.05) is 0 Å². The molecule has 12 heavy (non-hydrogen) atoms. The van der Waals surface area contributed by atoms with Crippen LogP contribution in [0.4, 0.5) is 0 Å². The molecular weight excluding hydrogens is 183 g/mol. The quantitative estimate of drug-likeness (QED) is 0.428. The summed E-state index contributed by atoms with van der Waals surface area (Å²) in [5.41, 5.74) is 0.834. The van der Waals surface area contributed by atoms with E-state index in [4.69, 9.17) is 0 Å². The molecule has 1 unspecified atom stereocenters. The predicted molar refractivity (Wildman–Crippen MR) is 43.8 cm³/mol. The normalized spacial score (nSPS) is 14.5. The summed E-state index contributed by atoms with van der Waals surface area (Å²) in [5, 5.41) is -0.406. The van der Waals surface area contributed by atoms with E-state index in [2.05, 4.69) is 0 Å². The Hall–Kier alpha value is 0.330. The molecule has 0 bridgehead atoms. The molecule has 0 spiro atoms. The van der Waals surface area contributed by atoms with Crippen molar-refractivity contribution in [3.05, 3.63) is 35.9 Å². The third-order valence-electron chi connectivity index (χ3n) is 1.56. The van der Waals surface area contributed by atoms with Gasteiger partial charge in [-0.2, -0.15) is 0 Å². The average Bonchev–Trinajstić information content (AvgIpc) is 2.05. The van der Waals surface area contributed by atoms with Gasteiger partial charge in [-0.05, 0) is 23.6 Å². The summed E-state index contributed by atoms with van der Waals surface area (Å²) >= 11 is -2.01. The van der Waals surface area contributed by atoms with Crippen molar-refractivity contribution < 1.29 is 38.3 Å². The van der Waals surface area contributed by atoms with Gasteiger partial charge >= 0.3 is 29.6 Å². The minimum absolute atomic E-state index is 0. The van der Waals surface area contributed by atoms with Crippen LogP contribution in [-0.4, -0.2) is 8.76 Å². The van der Waals surface area contributed by atoms with Crippen molar-refractivity contribution in [1.82, 2.24) is 0 Å². The molecule has 0 amide bonds. The van der Waals surface area contributed by atoms with Crippen molar-refractivity contribution in [2.24, 2.45) is 0 Å². The first-order chi connectivity index (χ1) is 5.22. The topological polar surface area (TPSA) is 40.1 Å². The van der Waals surface area contributed by atoms with Gasteiger partial charge in [-0.15, -0.1) is 0 Å². The van der Waals surface area contributed by atoms with E-state index in [1.807, 2.05) is 18.2 Å². The van der Waals surface area contributed by atoms with E-state index in [0.717, 1.165) is 5.56 Å². The third-order valence-corrected chi connectivity index (χ3v) is 2.41. The van der Waals surface area contributed by atoms with Gasteiger partial charge in [-0.3, -0.25) is 4.21 Å². The summed E-state index contributed by atoms with van der Waals surface area (Å²) in [6.07, 6.45) is 0. The largest absolute Gasteiger partial charge is 1.00 e. The second-order valence-electron chi connectivity index (χ2n) is 2.31. The minimum Gasteiger partial charge on any atom is -0.772 e. The van der Waals surface area contributed by atoms with Crippen LogP contribution in [0.3, 0.4) is 0 Å². The molecule has 0 N–H and O–H groups in total. The van der Waals surface area contributed by atoms with Gasteiger partial charge < -0.3 is 4.55 Å². The molecule has 0 aliphatic carbocycles. The zero-order valence-corrected chi connectivity index (χ0v) is 10.0. The van der Waals surface area contributed by atoms with Crippen LogP contribution >= 0.6 is 0 Å². The van der Waals surface area contributed by atoms with Gasteiger partial charge in [-0.1, -0.05) is 30.3 Å². The molecule has 2 atom stereocenters. The fourth-order valence-corrected chi connectivity index (χ4v) is 1.21. The van der Waals surface area contributed by atoms with E-state index in [1.54, 1.807) is 19.1 Å². The summed E-state index contributed by atoms with van der Waals surface area (Å²) in [6, 6.07) is 9.14. The molecule has 0 aliphatic heterocycles. The van der Waals surface area contributed by atoms with Crippen LogP contribution in [0.1, 0.15) is 17.7 Å². The maximum absolute atomic E-state index is 10.5. The molecule has 2 nitrogen and oxygen atoms in total. The van der Waals surface area contributed by atoms with Crippen LogP contribution in [0.2, 0.25) is 0 Å². The third kappa shape index (κ3) is 3.37. The molecule has 0 aromatic heterocycles. The first kappa shape index (κ1) is 12.3. The number of rotatable bonds is 2.